The van der Waals surface area contributed by atoms with Crippen molar-refractivity contribution in [2.24, 2.45) is 9.98 Å². The first-order valence-electron chi connectivity index (χ1n) is 8.53. The number of para-hydroxylation sites is 2. The molecular formula is C22H14BrN3O. The third-order valence-corrected chi connectivity index (χ3v) is 5.10. The molecule has 0 fully saturated rings. The van der Waals surface area contributed by atoms with E-state index in [9.17, 15) is 5.11 Å². The Hall–Kier alpha value is -3.18. The molecule has 1 aliphatic rings. The second-order valence-corrected chi connectivity index (χ2v) is 7.23. The normalized spacial score (nSPS) is 12.6. The number of hydrogen-bond acceptors (Lipinski definition) is 3. The highest BCUT2D eigenvalue weighted by molar-refractivity contribution is 9.10. The molecular weight excluding hydrogens is 402 g/mol. The summed E-state index contributed by atoms with van der Waals surface area (Å²) in [6.07, 6.45) is 0. The number of hydrogen-bond donors (Lipinski definition) is 2. The predicted molar refractivity (Wildman–Crippen MR) is 109 cm³/mol. The number of H-pyrrole nitrogens is 1. The van der Waals surface area contributed by atoms with Crippen LogP contribution >= 0.6 is 15.9 Å². The van der Waals surface area contributed by atoms with Gasteiger partial charge in [0.1, 0.15) is 0 Å². The zero-order valence-electron chi connectivity index (χ0n) is 14.1. The van der Waals surface area contributed by atoms with E-state index in [2.05, 4.69) is 20.9 Å². The number of aromatic amines is 1. The van der Waals surface area contributed by atoms with Gasteiger partial charge in [0.25, 0.3) is 0 Å². The van der Waals surface area contributed by atoms with E-state index in [1.54, 1.807) is 0 Å². The number of aromatic hydroxyl groups is 1. The van der Waals surface area contributed by atoms with E-state index >= 15 is 0 Å². The highest BCUT2D eigenvalue weighted by atomic mass is 79.9. The smallest absolute Gasteiger partial charge is 0.197 e. The second-order valence-electron chi connectivity index (χ2n) is 6.32. The Morgan fingerprint density at radius 1 is 0.852 bits per heavy atom. The van der Waals surface area contributed by atoms with Crippen molar-refractivity contribution in [2.75, 3.05) is 0 Å². The van der Waals surface area contributed by atoms with Crippen LogP contribution in [0.25, 0.3) is 16.5 Å². The Bertz CT molecular complexity index is 1300. The Kier molecular flexibility index (Phi) is 3.69. The van der Waals surface area contributed by atoms with E-state index in [0.29, 0.717) is 11.4 Å². The van der Waals surface area contributed by atoms with Crippen LogP contribution in [0.15, 0.2) is 93.1 Å². The maximum absolute atomic E-state index is 10.7. The molecule has 130 valence electrons. The van der Waals surface area contributed by atoms with Crippen LogP contribution in [0.5, 0.6) is 5.88 Å². The Balaban J connectivity index is 1.90. The molecule has 4 aromatic rings. The van der Waals surface area contributed by atoms with Crippen LogP contribution in [-0.2, 0) is 0 Å². The zero-order chi connectivity index (χ0) is 18.4. The molecule has 4 nitrogen and oxygen atoms in total. The molecule has 0 aliphatic carbocycles. The summed E-state index contributed by atoms with van der Waals surface area (Å²) in [5.41, 5.74) is 3.31. The fraction of sp³-hybridized carbons (Fsp3) is 0. The Morgan fingerprint density at radius 2 is 1.52 bits per heavy atom. The van der Waals surface area contributed by atoms with Gasteiger partial charge in [0.2, 0.25) is 0 Å². The summed E-state index contributed by atoms with van der Waals surface area (Å²) in [7, 11) is 0. The summed E-state index contributed by atoms with van der Waals surface area (Å²) >= 11 is 3.53. The molecule has 0 unspecified atom stereocenters. The van der Waals surface area contributed by atoms with Gasteiger partial charge in [-0.3, -0.25) is 0 Å². The van der Waals surface area contributed by atoms with Crippen molar-refractivity contribution in [1.82, 2.24) is 4.98 Å². The molecule has 27 heavy (non-hydrogen) atoms. The largest absolute Gasteiger partial charge is 0.494 e. The fourth-order valence-electron chi connectivity index (χ4n) is 3.41. The lowest BCUT2D eigenvalue weighted by atomic mass is 9.97. The lowest BCUT2D eigenvalue weighted by Gasteiger charge is -2.09. The maximum Gasteiger partial charge on any atom is 0.197 e. The van der Waals surface area contributed by atoms with Crippen molar-refractivity contribution in [3.8, 4) is 5.88 Å². The predicted octanol–water partition coefficient (Wildman–Crippen LogP) is 4.31. The standard InChI is InChI=1S/C22H14BrN3O/c23-14-10-11-16-15(12-14)20(22(27)26-16)19(13-6-2-1-3-7-13)21-24-17-8-4-5-9-18(17)25-21/h1-12,26-27H. The van der Waals surface area contributed by atoms with Crippen LogP contribution in [0.3, 0.4) is 0 Å². The van der Waals surface area contributed by atoms with Crippen molar-refractivity contribution < 1.29 is 5.11 Å². The molecule has 0 spiro atoms. The third kappa shape index (κ3) is 2.67. The lowest BCUT2D eigenvalue weighted by Crippen LogP contribution is -2.19. The van der Waals surface area contributed by atoms with Gasteiger partial charge in [0.15, 0.2) is 11.7 Å². The zero-order valence-corrected chi connectivity index (χ0v) is 15.7. The van der Waals surface area contributed by atoms with Crippen LogP contribution in [0.1, 0.15) is 11.1 Å². The first-order valence-corrected chi connectivity index (χ1v) is 9.33. The van der Waals surface area contributed by atoms with Crippen molar-refractivity contribution >= 4 is 32.4 Å². The van der Waals surface area contributed by atoms with Gasteiger partial charge in [-0.25, -0.2) is 9.98 Å². The SMILES string of the molecule is Oc1[nH]c2ccc(Br)cc2c1C(=C1N=c2ccccc2=N1)c1ccccc1. The molecule has 0 saturated carbocycles. The van der Waals surface area contributed by atoms with Crippen LogP contribution < -0.4 is 10.7 Å². The van der Waals surface area contributed by atoms with Gasteiger partial charge in [-0.2, -0.15) is 0 Å². The topological polar surface area (TPSA) is 60.7 Å². The summed E-state index contributed by atoms with van der Waals surface area (Å²) in [6, 6.07) is 23.6. The van der Waals surface area contributed by atoms with Gasteiger partial charge in [-0.1, -0.05) is 58.4 Å². The van der Waals surface area contributed by atoms with E-state index in [1.165, 1.54) is 0 Å². The Morgan fingerprint density at radius 3 is 2.22 bits per heavy atom. The molecule has 3 aromatic carbocycles. The van der Waals surface area contributed by atoms with Crippen molar-refractivity contribution in [1.29, 1.82) is 0 Å². The summed E-state index contributed by atoms with van der Waals surface area (Å²) in [5, 5.41) is 13.3. The molecule has 0 saturated heterocycles. The molecule has 2 N–H and O–H groups in total. The maximum atomic E-state index is 10.7. The molecule has 5 rings (SSSR count). The summed E-state index contributed by atoms with van der Waals surface area (Å²) in [5.74, 6) is 0.703. The number of aromatic nitrogens is 1. The van der Waals surface area contributed by atoms with Crippen LogP contribution in [0, 0.1) is 0 Å². The van der Waals surface area contributed by atoms with E-state index in [0.717, 1.165) is 37.2 Å². The average Bonchev–Trinajstić information content (AvgIpc) is 3.24. The quantitative estimate of drug-likeness (QED) is 0.503. The summed E-state index contributed by atoms with van der Waals surface area (Å²) < 4.78 is 0.941. The number of halogens is 1. The first-order chi connectivity index (χ1) is 13.2. The van der Waals surface area contributed by atoms with Gasteiger partial charge in [0, 0.05) is 20.9 Å². The molecule has 1 aromatic heterocycles. The molecule has 0 amide bonds. The second kappa shape index (κ2) is 6.21. The van der Waals surface area contributed by atoms with E-state index in [4.69, 9.17) is 9.98 Å². The van der Waals surface area contributed by atoms with Crippen molar-refractivity contribution in [3.63, 3.8) is 0 Å². The number of nitrogens with one attached hydrogen (secondary N) is 1. The third-order valence-electron chi connectivity index (χ3n) is 4.61. The number of nitrogens with zero attached hydrogens (tertiary/aromatic N) is 2. The molecule has 2 heterocycles. The van der Waals surface area contributed by atoms with Gasteiger partial charge < -0.3 is 10.1 Å². The van der Waals surface area contributed by atoms with Gasteiger partial charge in [-0.05, 0) is 35.9 Å². The van der Waals surface area contributed by atoms with E-state index in [1.807, 2.05) is 72.8 Å². The van der Waals surface area contributed by atoms with Gasteiger partial charge in [-0.15, -0.1) is 0 Å². The number of fused-ring (bicyclic) bond motifs is 2. The lowest BCUT2D eigenvalue weighted by molar-refractivity contribution is 0.457. The van der Waals surface area contributed by atoms with E-state index in [-0.39, 0.29) is 5.88 Å². The molecule has 0 atom stereocenters. The minimum absolute atomic E-state index is 0.107. The van der Waals surface area contributed by atoms with E-state index < -0.39 is 0 Å². The average molecular weight is 416 g/mol. The van der Waals surface area contributed by atoms with Crippen molar-refractivity contribution in [3.05, 3.63) is 105 Å². The molecule has 1 aliphatic heterocycles. The first kappa shape index (κ1) is 16.0. The minimum atomic E-state index is 0.107. The highest BCUT2D eigenvalue weighted by Crippen LogP contribution is 2.40. The number of rotatable bonds is 2. The molecule has 0 radical (unpaired) electrons. The summed E-state index contributed by atoms with van der Waals surface area (Å²) in [4.78, 5) is 12.5. The van der Waals surface area contributed by atoms with Gasteiger partial charge in [0.05, 0.1) is 16.3 Å². The molecule has 5 heteroatoms. The van der Waals surface area contributed by atoms with Crippen LogP contribution in [-0.4, -0.2) is 10.1 Å². The van der Waals surface area contributed by atoms with Crippen LogP contribution in [0.2, 0.25) is 0 Å². The van der Waals surface area contributed by atoms with Gasteiger partial charge >= 0.3 is 0 Å². The number of benzene rings is 3. The minimum Gasteiger partial charge on any atom is -0.494 e. The van der Waals surface area contributed by atoms with Crippen LogP contribution in [0.4, 0.5) is 0 Å². The highest BCUT2D eigenvalue weighted by Gasteiger charge is 2.22. The van der Waals surface area contributed by atoms with Crippen molar-refractivity contribution in [2.45, 2.75) is 0 Å². The molecule has 0 bridgehead atoms. The fourth-order valence-corrected chi connectivity index (χ4v) is 3.77. The Labute approximate surface area is 163 Å². The summed E-state index contributed by atoms with van der Waals surface area (Å²) in [6.45, 7) is 0. The monoisotopic (exact) mass is 415 g/mol.